The van der Waals surface area contributed by atoms with Gasteiger partial charge in [0.1, 0.15) is 5.82 Å². The molecule has 2 nitrogen and oxygen atoms in total. The summed E-state index contributed by atoms with van der Waals surface area (Å²) in [6.45, 7) is 6.71. The van der Waals surface area contributed by atoms with Crippen molar-refractivity contribution in [2.75, 3.05) is 6.54 Å². The van der Waals surface area contributed by atoms with E-state index in [2.05, 4.69) is 17.2 Å². The Hall–Kier alpha value is -1.26. The molecule has 0 saturated heterocycles. The molecular formula is C14H17FN2S. The van der Waals surface area contributed by atoms with Gasteiger partial charge < -0.3 is 5.32 Å². The second-order valence-electron chi connectivity index (χ2n) is 4.28. The molecule has 0 aliphatic carbocycles. The quantitative estimate of drug-likeness (QED) is 0.912. The summed E-state index contributed by atoms with van der Waals surface area (Å²) in [4.78, 5) is 5.46. The smallest absolute Gasteiger partial charge is 0.126 e. The molecule has 0 saturated carbocycles. The van der Waals surface area contributed by atoms with Crippen LogP contribution in [0.4, 0.5) is 4.39 Å². The molecule has 0 amide bonds. The van der Waals surface area contributed by atoms with Gasteiger partial charge >= 0.3 is 0 Å². The van der Waals surface area contributed by atoms with Gasteiger partial charge in [0.05, 0.1) is 11.0 Å². The molecule has 1 unspecified atom stereocenters. The Kier molecular flexibility index (Phi) is 4.09. The SMILES string of the molecule is CCNC(c1ccc(F)c(C)c1)c1cnc(C)s1. The summed E-state index contributed by atoms with van der Waals surface area (Å²) < 4.78 is 13.3. The van der Waals surface area contributed by atoms with Gasteiger partial charge in [0.2, 0.25) is 0 Å². The predicted molar refractivity (Wildman–Crippen MR) is 73.5 cm³/mol. The van der Waals surface area contributed by atoms with E-state index in [0.717, 1.165) is 17.1 Å². The van der Waals surface area contributed by atoms with Crippen molar-refractivity contribution < 1.29 is 4.39 Å². The molecule has 1 aromatic heterocycles. The van der Waals surface area contributed by atoms with Gasteiger partial charge in [-0.3, -0.25) is 0 Å². The van der Waals surface area contributed by atoms with Crippen molar-refractivity contribution in [1.82, 2.24) is 10.3 Å². The summed E-state index contributed by atoms with van der Waals surface area (Å²) in [6.07, 6.45) is 1.89. The highest BCUT2D eigenvalue weighted by atomic mass is 32.1. The van der Waals surface area contributed by atoms with Crippen LogP contribution in [0, 0.1) is 19.7 Å². The Morgan fingerprint density at radius 3 is 2.72 bits per heavy atom. The Morgan fingerprint density at radius 1 is 1.39 bits per heavy atom. The van der Waals surface area contributed by atoms with Gasteiger partial charge in [-0.1, -0.05) is 19.1 Å². The van der Waals surface area contributed by atoms with E-state index in [1.165, 1.54) is 10.9 Å². The van der Waals surface area contributed by atoms with Gasteiger partial charge in [-0.2, -0.15) is 0 Å². The summed E-state index contributed by atoms with van der Waals surface area (Å²) in [5.41, 5.74) is 1.76. The van der Waals surface area contributed by atoms with Crippen LogP contribution < -0.4 is 5.32 Å². The van der Waals surface area contributed by atoms with Crippen LogP contribution >= 0.6 is 11.3 Å². The zero-order chi connectivity index (χ0) is 13.1. The van der Waals surface area contributed by atoms with E-state index in [1.807, 2.05) is 25.3 Å². The van der Waals surface area contributed by atoms with E-state index in [0.29, 0.717) is 5.56 Å². The highest BCUT2D eigenvalue weighted by Gasteiger charge is 2.16. The van der Waals surface area contributed by atoms with Crippen LogP contribution in [0.2, 0.25) is 0 Å². The van der Waals surface area contributed by atoms with Crippen molar-refractivity contribution in [3.05, 3.63) is 51.2 Å². The third-order valence-corrected chi connectivity index (χ3v) is 3.82. The Balaban J connectivity index is 2.37. The van der Waals surface area contributed by atoms with Gasteiger partial charge in [0, 0.05) is 11.1 Å². The summed E-state index contributed by atoms with van der Waals surface area (Å²) in [6, 6.07) is 5.37. The fourth-order valence-electron chi connectivity index (χ4n) is 1.95. The minimum atomic E-state index is -0.158. The third kappa shape index (κ3) is 2.76. The first-order chi connectivity index (χ1) is 8.61. The number of nitrogens with one attached hydrogen (secondary N) is 1. The lowest BCUT2D eigenvalue weighted by atomic mass is 10.0. The van der Waals surface area contributed by atoms with Crippen molar-refractivity contribution in [3.8, 4) is 0 Å². The predicted octanol–water partition coefficient (Wildman–Crippen LogP) is 3.60. The molecule has 0 fully saturated rings. The van der Waals surface area contributed by atoms with Crippen LogP contribution in [0.3, 0.4) is 0 Å². The van der Waals surface area contributed by atoms with Gasteiger partial charge in [-0.25, -0.2) is 9.37 Å². The molecule has 18 heavy (non-hydrogen) atoms. The molecule has 1 aromatic carbocycles. The molecule has 96 valence electrons. The van der Waals surface area contributed by atoms with Gasteiger partial charge in [-0.05, 0) is 37.6 Å². The second-order valence-corrected chi connectivity index (χ2v) is 5.55. The Morgan fingerprint density at radius 2 is 2.17 bits per heavy atom. The number of hydrogen-bond acceptors (Lipinski definition) is 3. The van der Waals surface area contributed by atoms with Crippen LogP contribution in [-0.4, -0.2) is 11.5 Å². The van der Waals surface area contributed by atoms with E-state index in [9.17, 15) is 4.39 Å². The monoisotopic (exact) mass is 264 g/mol. The number of aromatic nitrogens is 1. The average Bonchev–Trinajstić information content (AvgIpc) is 2.76. The maximum absolute atomic E-state index is 13.3. The van der Waals surface area contributed by atoms with Crippen LogP contribution in [0.5, 0.6) is 0 Å². The molecule has 2 aromatic rings. The largest absolute Gasteiger partial charge is 0.306 e. The fourth-order valence-corrected chi connectivity index (χ4v) is 2.83. The number of rotatable bonds is 4. The molecule has 0 bridgehead atoms. The fraction of sp³-hybridized carbons (Fsp3) is 0.357. The number of thiazole rings is 1. The first-order valence-corrected chi connectivity index (χ1v) is 6.85. The number of hydrogen-bond donors (Lipinski definition) is 1. The number of benzene rings is 1. The molecule has 1 heterocycles. The maximum Gasteiger partial charge on any atom is 0.126 e. The lowest BCUT2D eigenvalue weighted by Crippen LogP contribution is -2.21. The van der Waals surface area contributed by atoms with E-state index in [1.54, 1.807) is 18.3 Å². The minimum Gasteiger partial charge on any atom is -0.306 e. The first-order valence-electron chi connectivity index (χ1n) is 6.03. The normalized spacial score (nSPS) is 12.7. The zero-order valence-corrected chi connectivity index (χ0v) is 11.6. The Bertz CT molecular complexity index is 536. The Labute approximate surface area is 111 Å². The highest BCUT2D eigenvalue weighted by Crippen LogP contribution is 2.27. The molecule has 0 spiro atoms. The summed E-state index contributed by atoms with van der Waals surface area (Å²) in [5, 5.41) is 4.47. The molecule has 0 radical (unpaired) electrons. The average molecular weight is 264 g/mol. The van der Waals surface area contributed by atoms with Crippen LogP contribution in [0.15, 0.2) is 24.4 Å². The van der Waals surface area contributed by atoms with Gasteiger partial charge in [0.15, 0.2) is 0 Å². The van der Waals surface area contributed by atoms with Crippen molar-refractivity contribution >= 4 is 11.3 Å². The lowest BCUT2D eigenvalue weighted by molar-refractivity contribution is 0.608. The van der Waals surface area contributed by atoms with Crippen LogP contribution in [0.1, 0.15) is 34.0 Å². The second kappa shape index (κ2) is 5.59. The third-order valence-electron chi connectivity index (χ3n) is 2.85. The molecule has 4 heteroatoms. The van der Waals surface area contributed by atoms with Crippen molar-refractivity contribution in [3.63, 3.8) is 0 Å². The van der Waals surface area contributed by atoms with Crippen LogP contribution in [-0.2, 0) is 0 Å². The van der Waals surface area contributed by atoms with Crippen molar-refractivity contribution in [2.24, 2.45) is 0 Å². The summed E-state index contributed by atoms with van der Waals surface area (Å²) in [7, 11) is 0. The zero-order valence-electron chi connectivity index (χ0n) is 10.8. The number of halogens is 1. The van der Waals surface area contributed by atoms with Gasteiger partial charge in [0.25, 0.3) is 0 Å². The standard InChI is InChI=1S/C14H17FN2S/c1-4-16-14(13-8-17-10(3)18-13)11-5-6-12(15)9(2)7-11/h5-8,14,16H,4H2,1-3H3. The van der Waals surface area contributed by atoms with E-state index < -0.39 is 0 Å². The number of nitrogens with zero attached hydrogens (tertiary/aromatic N) is 1. The number of aryl methyl sites for hydroxylation is 2. The summed E-state index contributed by atoms with van der Waals surface area (Å²) in [5.74, 6) is -0.158. The van der Waals surface area contributed by atoms with E-state index >= 15 is 0 Å². The molecule has 1 N–H and O–H groups in total. The molecule has 2 rings (SSSR count). The summed E-state index contributed by atoms with van der Waals surface area (Å²) >= 11 is 1.67. The van der Waals surface area contributed by atoms with Crippen molar-refractivity contribution in [2.45, 2.75) is 26.8 Å². The highest BCUT2D eigenvalue weighted by molar-refractivity contribution is 7.11. The lowest BCUT2D eigenvalue weighted by Gasteiger charge is -2.17. The van der Waals surface area contributed by atoms with Crippen LogP contribution in [0.25, 0.3) is 0 Å². The van der Waals surface area contributed by atoms with Gasteiger partial charge in [-0.15, -0.1) is 11.3 Å². The molecule has 0 aliphatic rings. The minimum absolute atomic E-state index is 0.0977. The first kappa shape index (κ1) is 13.2. The van der Waals surface area contributed by atoms with E-state index in [-0.39, 0.29) is 11.9 Å². The maximum atomic E-state index is 13.3. The van der Waals surface area contributed by atoms with Crippen molar-refractivity contribution in [1.29, 1.82) is 0 Å². The molecular weight excluding hydrogens is 247 g/mol. The molecule has 1 atom stereocenters. The van der Waals surface area contributed by atoms with E-state index in [4.69, 9.17) is 0 Å². The molecule has 0 aliphatic heterocycles. The topological polar surface area (TPSA) is 24.9 Å².